The van der Waals surface area contributed by atoms with Gasteiger partial charge in [-0.15, -0.1) is 0 Å². The number of halogens is 3. The van der Waals surface area contributed by atoms with Crippen LogP contribution < -0.4 is 0 Å². The maximum atomic E-state index is 13.6. The second-order valence-corrected chi connectivity index (χ2v) is 4.82. The van der Waals surface area contributed by atoms with Crippen molar-refractivity contribution in [2.24, 2.45) is 4.99 Å². The van der Waals surface area contributed by atoms with Crippen molar-refractivity contribution in [3.63, 3.8) is 0 Å². The van der Waals surface area contributed by atoms with Crippen LogP contribution in [0.15, 0.2) is 22.7 Å². The van der Waals surface area contributed by atoms with E-state index in [1.807, 2.05) is 0 Å². The van der Waals surface area contributed by atoms with E-state index in [2.05, 4.69) is 4.99 Å². The summed E-state index contributed by atoms with van der Waals surface area (Å²) >= 11 is 1.70. The molecule has 1 rings (SSSR count). The molecule has 0 saturated carbocycles. The Labute approximate surface area is 126 Å². The Morgan fingerprint density at radius 2 is 2.00 bits per heavy atom. The van der Waals surface area contributed by atoms with Gasteiger partial charge < -0.3 is 15.3 Å². The van der Waals surface area contributed by atoms with Crippen LogP contribution in [0, 0.1) is 15.2 Å². The minimum Gasteiger partial charge on any atom is -0.506 e. The number of rotatable bonds is 5. The van der Waals surface area contributed by atoms with Gasteiger partial charge >= 0.3 is 5.97 Å². The number of carboxylic acids is 1. The molecule has 0 aliphatic carbocycles. The summed E-state index contributed by atoms with van der Waals surface area (Å²) in [5.41, 5.74) is -1.26. The molecule has 1 aromatic carbocycles. The largest absolute Gasteiger partial charge is 0.506 e. The first kappa shape index (κ1) is 16.5. The van der Waals surface area contributed by atoms with E-state index in [0.29, 0.717) is 3.57 Å². The third-order valence-corrected chi connectivity index (χ3v) is 2.81. The van der Waals surface area contributed by atoms with Crippen molar-refractivity contribution in [1.82, 2.24) is 0 Å². The molecule has 0 fully saturated rings. The second-order valence-electron chi connectivity index (χ2n) is 3.58. The van der Waals surface area contributed by atoms with E-state index >= 15 is 0 Å². The summed E-state index contributed by atoms with van der Waals surface area (Å²) in [7, 11) is 0. The van der Waals surface area contributed by atoms with Crippen molar-refractivity contribution in [3.8, 4) is 0 Å². The molecular weight excluding hydrogens is 387 g/mol. The minimum atomic E-state index is -1.55. The molecule has 0 saturated heterocycles. The molecule has 3 N–H and O–H groups in total. The number of aliphatic imine (C=N–C) groups is 1. The van der Waals surface area contributed by atoms with Gasteiger partial charge in [-0.25, -0.2) is 13.6 Å². The van der Waals surface area contributed by atoms with E-state index in [-0.39, 0.29) is 13.2 Å². The molecule has 0 amide bonds. The van der Waals surface area contributed by atoms with Crippen molar-refractivity contribution in [2.75, 3.05) is 13.2 Å². The molecule has 108 valence electrons. The highest BCUT2D eigenvalue weighted by Crippen LogP contribution is 2.23. The maximum absolute atomic E-state index is 13.6. The quantitative estimate of drug-likeness (QED) is 0.233. The van der Waals surface area contributed by atoms with Crippen LogP contribution in [0.5, 0.6) is 0 Å². The van der Waals surface area contributed by atoms with Crippen LogP contribution in [-0.4, -0.2) is 40.7 Å². The van der Waals surface area contributed by atoms with Gasteiger partial charge in [-0.05, 0) is 34.7 Å². The lowest BCUT2D eigenvalue weighted by Gasteiger charge is -2.06. The second kappa shape index (κ2) is 7.29. The van der Waals surface area contributed by atoms with Crippen LogP contribution in [0.25, 0.3) is 5.76 Å². The van der Waals surface area contributed by atoms with Crippen LogP contribution >= 0.6 is 22.6 Å². The summed E-state index contributed by atoms with van der Waals surface area (Å²) in [5.74, 6) is -5.04. The van der Waals surface area contributed by atoms with Gasteiger partial charge in [-0.1, -0.05) is 0 Å². The van der Waals surface area contributed by atoms with Crippen LogP contribution in [0.4, 0.5) is 8.78 Å². The van der Waals surface area contributed by atoms with E-state index in [0.717, 1.165) is 18.3 Å². The number of benzene rings is 1. The molecule has 8 heteroatoms. The third-order valence-electron chi connectivity index (χ3n) is 2.18. The highest BCUT2D eigenvalue weighted by atomic mass is 127. The van der Waals surface area contributed by atoms with Crippen molar-refractivity contribution >= 4 is 40.5 Å². The zero-order chi connectivity index (χ0) is 15.3. The SMILES string of the molecule is O=C(O)C(C=NCCO)=C(O)c1cc(I)cc(F)c1F. The van der Waals surface area contributed by atoms with Gasteiger partial charge in [0.1, 0.15) is 11.3 Å². The fourth-order valence-electron chi connectivity index (χ4n) is 1.30. The van der Waals surface area contributed by atoms with Crippen LogP contribution in [0.2, 0.25) is 0 Å². The van der Waals surface area contributed by atoms with E-state index in [1.54, 1.807) is 22.6 Å². The highest BCUT2D eigenvalue weighted by Gasteiger charge is 2.19. The molecule has 0 unspecified atom stereocenters. The van der Waals surface area contributed by atoms with Gasteiger partial charge in [0.15, 0.2) is 11.6 Å². The predicted molar refractivity (Wildman–Crippen MR) is 76.7 cm³/mol. The molecular formula is C12H10F2INO4. The molecule has 0 spiro atoms. The van der Waals surface area contributed by atoms with Gasteiger partial charge in [-0.3, -0.25) is 4.99 Å². The molecule has 0 aliphatic heterocycles. The van der Waals surface area contributed by atoms with Crippen LogP contribution in [0.1, 0.15) is 5.56 Å². The molecule has 0 heterocycles. The number of aliphatic carboxylic acids is 1. The molecule has 0 bridgehead atoms. The summed E-state index contributed by atoms with van der Waals surface area (Å²) in [6, 6.07) is 2.02. The van der Waals surface area contributed by atoms with Crippen molar-refractivity contribution < 1.29 is 28.9 Å². The average Bonchev–Trinajstić information content (AvgIpc) is 2.37. The van der Waals surface area contributed by atoms with Gasteiger partial charge in [0.2, 0.25) is 0 Å². The van der Waals surface area contributed by atoms with E-state index in [4.69, 9.17) is 10.2 Å². The summed E-state index contributed by atoms with van der Waals surface area (Å²) in [6.07, 6.45) is 0.783. The first-order chi connectivity index (χ1) is 9.38. The first-order valence-corrected chi connectivity index (χ1v) is 6.38. The Balaban J connectivity index is 3.39. The Hall–Kier alpha value is -1.55. The molecule has 0 aliphatic rings. The third kappa shape index (κ3) is 3.97. The van der Waals surface area contributed by atoms with Crippen molar-refractivity contribution in [1.29, 1.82) is 0 Å². The Bertz CT molecular complexity index is 587. The number of carboxylic acid groups (broad SMARTS) is 1. The molecule has 0 atom stereocenters. The fraction of sp³-hybridized carbons (Fsp3) is 0.167. The minimum absolute atomic E-state index is 0.0762. The smallest absolute Gasteiger partial charge is 0.341 e. The molecule has 20 heavy (non-hydrogen) atoms. The fourth-order valence-corrected chi connectivity index (χ4v) is 1.89. The monoisotopic (exact) mass is 397 g/mol. The van der Waals surface area contributed by atoms with Gasteiger partial charge in [-0.2, -0.15) is 0 Å². The number of aliphatic hydroxyl groups excluding tert-OH is 2. The Kier molecular flexibility index (Phi) is 6.02. The lowest BCUT2D eigenvalue weighted by Crippen LogP contribution is -2.08. The first-order valence-electron chi connectivity index (χ1n) is 5.30. The Morgan fingerprint density at radius 3 is 2.55 bits per heavy atom. The lowest BCUT2D eigenvalue weighted by molar-refractivity contribution is -0.132. The summed E-state index contributed by atoms with van der Waals surface area (Å²) in [4.78, 5) is 14.5. The predicted octanol–water partition coefficient (Wildman–Crippen LogP) is 1.99. The number of hydrogen-bond donors (Lipinski definition) is 3. The molecule has 5 nitrogen and oxygen atoms in total. The van der Waals surface area contributed by atoms with Gasteiger partial charge in [0.25, 0.3) is 0 Å². The average molecular weight is 397 g/mol. The van der Waals surface area contributed by atoms with Gasteiger partial charge in [0, 0.05) is 9.78 Å². The molecule has 0 radical (unpaired) electrons. The number of aliphatic hydroxyl groups is 2. The maximum Gasteiger partial charge on any atom is 0.341 e. The van der Waals surface area contributed by atoms with Crippen molar-refractivity contribution in [3.05, 3.63) is 38.5 Å². The van der Waals surface area contributed by atoms with Crippen LogP contribution in [0.3, 0.4) is 0 Å². The van der Waals surface area contributed by atoms with E-state index in [9.17, 15) is 18.7 Å². The van der Waals surface area contributed by atoms with Crippen LogP contribution in [-0.2, 0) is 4.79 Å². The lowest BCUT2D eigenvalue weighted by atomic mass is 10.1. The van der Waals surface area contributed by atoms with E-state index in [1.165, 1.54) is 0 Å². The topological polar surface area (TPSA) is 90.1 Å². The highest BCUT2D eigenvalue weighted by molar-refractivity contribution is 14.1. The van der Waals surface area contributed by atoms with E-state index < -0.39 is 34.5 Å². The number of nitrogens with zero attached hydrogens (tertiary/aromatic N) is 1. The van der Waals surface area contributed by atoms with Gasteiger partial charge in [0.05, 0.1) is 18.7 Å². The summed E-state index contributed by atoms with van der Waals surface area (Å²) < 4.78 is 27.1. The normalized spacial score (nSPS) is 12.6. The Morgan fingerprint density at radius 1 is 1.35 bits per heavy atom. The zero-order valence-corrected chi connectivity index (χ0v) is 12.1. The summed E-state index contributed by atoms with van der Waals surface area (Å²) in [6.45, 7) is -0.385. The zero-order valence-electron chi connectivity index (χ0n) is 9.98. The molecule has 0 aromatic heterocycles. The van der Waals surface area contributed by atoms with Crippen molar-refractivity contribution in [2.45, 2.75) is 0 Å². The summed E-state index contributed by atoms with van der Waals surface area (Å²) in [5, 5.41) is 27.3. The number of carbonyl (C=O) groups is 1. The number of hydrogen-bond acceptors (Lipinski definition) is 4. The molecule has 1 aromatic rings. The standard InChI is InChI=1S/C12H10F2INO4/c13-9-4-6(15)3-7(10(9)14)11(18)8(12(19)20)5-16-1-2-17/h3-5,17-18H,1-2H2,(H,19,20).